The molecule has 2 saturated heterocycles. The molecule has 0 spiro atoms. The van der Waals surface area contributed by atoms with E-state index in [0.717, 1.165) is 59.3 Å². The van der Waals surface area contributed by atoms with Gasteiger partial charge >= 0.3 is 132 Å². The summed E-state index contributed by atoms with van der Waals surface area (Å²) in [5.41, 5.74) is 0.859. The average Bonchev–Trinajstić information content (AvgIpc) is 3.40. The fraction of sp³-hybridized carbons (Fsp3) is 0.526. The number of amides is 1. The Morgan fingerprint density at radius 2 is 1.55 bits per heavy atom. The Morgan fingerprint density at radius 3 is 2.00 bits per heavy atom. The largest absolute Gasteiger partial charge is 0.336 e. The van der Waals surface area contributed by atoms with Crippen molar-refractivity contribution < 1.29 is 39.9 Å². The van der Waals surface area contributed by atoms with Crippen LogP contribution in [0, 0.1) is 6.67 Å². The van der Waals surface area contributed by atoms with Gasteiger partial charge in [0.05, 0.1) is 12.5 Å². The van der Waals surface area contributed by atoms with Crippen LogP contribution in [0.1, 0.15) is 25.3 Å². The van der Waals surface area contributed by atoms with Crippen molar-refractivity contribution in [2.75, 3.05) is 38.7 Å². The van der Waals surface area contributed by atoms with Gasteiger partial charge in [0, 0.05) is 0 Å². The Labute approximate surface area is 209 Å². The standard InChI is InChI=1S/C14H17NO2.C5H11N2O4S2.2ClH.Ru/c1-11-7-3-4-8-13(11)17-12(2)14(16)15-9-5-6-10-15;1-12(8,9)6-3-4-7(5-6)13(2,10)11;;;/h1,3-4,7-8,12H,5-6,9-10H2,2H3;5H,3-4H2,1-2H3;2*1H;/q;-1;;;+2/p-2. The quantitative estimate of drug-likeness (QED) is 0.351. The van der Waals surface area contributed by atoms with Crippen LogP contribution in [0.4, 0.5) is 0 Å². The van der Waals surface area contributed by atoms with Gasteiger partial charge in [-0.15, -0.1) is 0 Å². The number of para-hydroxylation sites is 1. The molecule has 1 aromatic carbocycles. The topological polar surface area (TPSA) is 104 Å². The zero-order chi connectivity index (χ0) is 24.8. The van der Waals surface area contributed by atoms with E-state index < -0.39 is 39.7 Å². The molecule has 3 rings (SSSR count). The van der Waals surface area contributed by atoms with E-state index in [1.54, 1.807) is 6.92 Å². The minimum absolute atomic E-state index is 0.0447. The predicted octanol–water partition coefficient (Wildman–Crippen LogP) is 1.79. The molecule has 190 valence electrons. The Morgan fingerprint density at radius 1 is 1.03 bits per heavy atom. The monoisotopic (exact) mass is 630 g/mol. The number of halogens is 2. The molecule has 1 unspecified atom stereocenters. The minimum atomic E-state index is -3.32. The number of hydrogen-bond acceptors (Lipinski definition) is 6. The summed E-state index contributed by atoms with van der Waals surface area (Å²) in [6.45, 7) is 4.92. The van der Waals surface area contributed by atoms with Crippen molar-refractivity contribution in [1.29, 1.82) is 0 Å². The van der Waals surface area contributed by atoms with E-state index in [2.05, 4.69) is 0 Å². The molecule has 9 nitrogen and oxygen atoms in total. The van der Waals surface area contributed by atoms with Crippen LogP contribution in [0.3, 0.4) is 0 Å². The van der Waals surface area contributed by atoms with E-state index in [4.69, 9.17) is 24.1 Å². The van der Waals surface area contributed by atoms with Crippen LogP contribution in [0.5, 0.6) is 5.75 Å². The molecule has 2 aliphatic heterocycles. The maximum atomic E-state index is 12.2. The zero-order valence-electron chi connectivity index (χ0n) is 18.5. The molecule has 1 aromatic rings. The van der Waals surface area contributed by atoms with Crippen molar-refractivity contribution in [2.24, 2.45) is 0 Å². The van der Waals surface area contributed by atoms with E-state index in [0.29, 0.717) is 5.75 Å². The molecule has 1 amide bonds. The Hall–Kier alpha value is -0.617. The average molecular weight is 631 g/mol. The molecule has 0 N–H and O–H groups in total. The third-order valence-corrected chi connectivity index (χ3v) is 8.92. The molecule has 0 saturated carbocycles. The Balaban J connectivity index is 0.000000257. The van der Waals surface area contributed by atoms with Crippen LogP contribution in [0.25, 0.3) is 0 Å². The van der Waals surface area contributed by atoms with Gasteiger partial charge in [-0.2, -0.15) is 6.67 Å². The van der Waals surface area contributed by atoms with Crippen LogP contribution in [-0.2, 0) is 38.4 Å². The summed E-state index contributed by atoms with van der Waals surface area (Å²) in [6.07, 6.45) is 3.74. The molecule has 0 aromatic heterocycles. The molecular formula is C19H28Cl2N3O6RuS2-. The van der Waals surface area contributed by atoms with Gasteiger partial charge in [-0.3, -0.25) is 0 Å². The fourth-order valence-corrected chi connectivity index (χ4v) is 6.41. The number of carbonyl (C=O) groups is 1. The third-order valence-electron chi connectivity index (χ3n) is 4.83. The number of nitrogens with zero attached hydrogens (tertiary/aromatic N) is 3. The van der Waals surface area contributed by atoms with Crippen molar-refractivity contribution >= 4 is 49.9 Å². The van der Waals surface area contributed by atoms with Gasteiger partial charge in [0.1, 0.15) is 0 Å². The summed E-state index contributed by atoms with van der Waals surface area (Å²) in [4.78, 5) is 14.1. The second-order valence-electron chi connectivity index (χ2n) is 7.50. The van der Waals surface area contributed by atoms with Gasteiger partial charge in [-0.25, -0.2) is 16.8 Å². The molecule has 0 radical (unpaired) electrons. The van der Waals surface area contributed by atoms with E-state index >= 15 is 0 Å². The van der Waals surface area contributed by atoms with Crippen molar-refractivity contribution in [3.8, 4) is 5.75 Å². The molecule has 2 heterocycles. The fourth-order valence-electron chi connectivity index (χ4n) is 3.15. The van der Waals surface area contributed by atoms with E-state index in [9.17, 15) is 21.6 Å². The molecule has 0 bridgehead atoms. The van der Waals surface area contributed by atoms with Crippen molar-refractivity contribution in [3.63, 3.8) is 0 Å². The van der Waals surface area contributed by atoms with Gasteiger partial charge in [0.25, 0.3) is 0 Å². The SMILES string of the molecule is CC(Oc1ccccc1[CH]=[Ru]([Cl])[Cl])C(=O)N1CCCC1.CS(=O)(=O)N1[CH-]N(S(C)(=O)=O)CC1. The first-order valence-corrected chi connectivity index (χ1v) is 19.1. The van der Waals surface area contributed by atoms with Crippen LogP contribution in [0.2, 0.25) is 0 Å². The van der Waals surface area contributed by atoms with Gasteiger partial charge in [0.2, 0.25) is 0 Å². The number of carbonyl (C=O) groups excluding carboxylic acids is 1. The summed E-state index contributed by atoms with van der Waals surface area (Å²) in [5, 5.41) is 0. The number of sulfonamides is 2. The molecule has 2 aliphatic rings. The first-order valence-electron chi connectivity index (χ1n) is 9.95. The molecule has 0 aliphatic carbocycles. The van der Waals surface area contributed by atoms with E-state index in [-0.39, 0.29) is 19.0 Å². The first-order chi connectivity index (χ1) is 15.3. The smallest absolute Gasteiger partial charge is 0.185 e. The minimum Gasteiger partial charge on any atom is -0.336 e. The molecule has 33 heavy (non-hydrogen) atoms. The number of rotatable bonds is 6. The van der Waals surface area contributed by atoms with E-state index in [1.165, 1.54) is 0 Å². The van der Waals surface area contributed by atoms with E-state index in [1.807, 2.05) is 33.8 Å². The summed E-state index contributed by atoms with van der Waals surface area (Å²) >= 11 is -1.91. The van der Waals surface area contributed by atoms with Crippen molar-refractivity contribution in [3.05, 3.63) is 36.5 Å². The summed E-state index contributed by atoms with van der Waals surface area (Å²) in [6, 6.07) is 7.51. The molecule has 1 atom stereocenters. The first kappa shape index (κ1) is 28.6. The van der Waals surface area contributed by atoms with Gasteiger partial charge in [0.15, 0.2) is 20.0 Å². The maximum absolute atomic E-state index is 12.2. The summed E-state index contributed by atoms with van der Waals surface area (Å²) < 4.78 is 53.6. The third kappa shape index (κ3) is 9.16. The number of hydrogen-bond donors (Lipinski definition) is 0. The molecular weight excluding hydrogens is 602 g/mol. The number of likely N-dealkylation sites (tertiary alicyclic amines) is 1. The molecule has 14 heteroatoms. The van der Waals surface area contributed by atoms with Crippen LogP contribution >= 0.6 is 19.4 Å². The Bertz CT molecular complexity index is 1040. The van der Waals surface area contributed by atoms with Crippen molar-refractivity contribution in [1.82, 2.24) is 13.5 Å². The van der Waals surface area contributed by atoms with Crippen LogP contribution in [0.15, 0.2) is 24.3 Å². The zero-order valence-corrected chi connectivity index (χ0v) is 23.4. The van der Waals surface area contributed by atoms with Crippen molar-refractivity contribution in [2.45, 2.75) is 25.9 Å². The number of benzene rings is 1. The van der Waals surface area contributed by atoms with Gasteiger partial charge in [-0.05, 0) is 13.1 Å². The van der Waals surface area contributed by atoms with Gasteiger partial charge in [-0.1, -0.05) is 0 Å². The van der Waals surface area contributed by atoms with Gasteiger partial charge < -0.3 is 8.61 Å². The molecule has 2 fully saturated rings. The predicted molar refractivity (Wildman–Crippen MR) is 127 cm³/mol. The Kier molecular flexibility index (Phi) is 10.7. The second-order valence-corrected chi connectivity index (χ2v) is 17.1. The van der Waals surface area contributed by atoms with Crippen LogP contribution < -0.4 is 4.74 Å². The van der Waals surface area contributed by atoms with Crippen LogP contribution in [-0.4, -0.2) is 85.7 Å². The normalized spacial score (nSPS) is 18.9. The maximum Gasteiger partial charge on any atom is 0.185 e. The summed E-state index contributed by atoms with van der Waals surface area (Å²) in [7, 11) is 5.17. The number of ether oxygens (including phenoxy) is 1. The second kappa shape index (κ2) is 12.4. The summed E-state index contributed by atoms with van der Waals surface area (Å²) in [5.74, 6) is 0.704.